The van der Waals surface area contributed by atoms with Gasteiger partial charge >= 0.3 is 0 Å². The Bertz CT molecular complexity index is 272. The fraction of sp³-hybridized carbons (Fsp3) is 0.938. The molecule has 0 aromatic heterocycles. The van der Waals surface area contributed by atoms with Crippen LogP contribution in [0.25, 0.3) is 0 Å². The molecular formula is C16H32N2O2. The number of hydrogen-bond acceptors (Lipinski definition) is 3. The van der Waals surface area contributed by atoms with E-state index in [9.17, 15) is 4.79 Å². The summed E-state index contributed by atoms with van der Waals surface area (Å²) in [6.45, 7) is 7.00. The summed E-state index contributed by atoms with van der Waals surface area (Å²) in [4.78, 5) is 12.4. The molecule has 4 nitrogen and oxygen atoms in total. The highest BCUT2D eigenvalue weighted by atomic mass is 16.5. The quantitative estimate of drug-likeness (QED) is 0.541. The summed E-state index contributed by atoms with van der Waals surface area (Å²) < 4.78 is 5.57. The number of hydrogen-bond donors (Lipinski definition) is 2. The molecular weight excluding hydrogens is 252 g/mol. The molecule has 1 aliphatic rings. The van der Waals surface area contributed by atoms with E-state index in [2.05, 4.69) is 19.2 Å². The van der Waals surface area contributed by atoms with Crippen molar-refractivity contribution in [3.8, 4) is 0 Å². The van der Waals surface area contributed by atoms with E-state index in [0.29, 0.717) is 13.1 Å². The van der Waals surface area contributed by atoms with Crippen molar-refractivity contribution in [2.75, 3.05) is 26.3 Å². The molecule has 118 valence electrons. The van der Waals surface area contributed by atoms with Crippen LogP contribution in [0, 0.1) is 11.3 Å². The third-order valence-electron chi connectivity index (χ3n) is 4.13. The Kier molecular flexibility index (Phi) is 8.15. The Hall–Kier alpha value is -0.610. The van der Waals surface area contributed by atoms with Crippen molar-refractivity contribution in [2.24, 2.45) is 17.1 Å². The minimum absolute atomic E-state index is 0.130. The molecule has 1 aliphatic carbocycles. The van der Waals surface area contributed by atoms with Gasteiger partial charge in [-0.25, -0.2) is 0 Å². The molecule has 0 spiro atoms. The smallest absolute Gasteiger partial charge is 0.227 e. The van der Waals surface area contributed by atoms with E-state index >= 15 is 0 Å². The zero-order chi connectivity index (χ0) is 14.8. The van der Waals surface area contributed by atoms with Gasteiger partial charge in [-0.3, -0.25) is 4.79 Å². The lowest BCUT2D eigenvalue weighted by Gasteiger charge is -2.30. The van der Waals surface area contributed by atoms with Crippen LogP contribution in [-0.2, 0) is 9.53 Å². The molecule has 4 heteroatoms. The standard InChI is InChI=1S/C16H32N2O2/c1-3-8-16(13-17,9-4-2)15(19)18-10-5-11-20-12-14-6-7-14/h14H,3-13,17H2,1-2H3,(H,18,19). The van der Waals surface area contributed by atoms with Gasteiger partial charge in [0.25, 0.3) is 0 Å². The summed E-state index contributed by atoms with van der Waals surface area (Å²) in [5, 5.41) is 3.05. The second-order valence-corrected chi connectivity index (χ2v) is 6.11. The number of amides is 1. The molecule has 0 radical (unpaired) electrons. The number of nitrogens with two attached hydrogens (primary N) is 1. The van der Waals surface area contributed by atoms with Crippen LogP contribution in [-0.4, -0.2) is 32.2 Å². The van der Waals surface area contributed by atoms with E-state index < -0.39 is 0 Å². The maximum absolute atomic E-state index is 12.4. The topological polar surface area (TPSA) is 64.4 Å². The van der Waals surface area contributed by atoms with Gasteiger partial charge in [0.15, 0.2) is 0 Å². The predicted octanol–water partition coefficient (Wildman–Crippen LogP) is 2.46. The molecule has 0 atom stereocenters. The number of nitrogens with one attached hydrogen (secondary N) is 1. The van der Waals surface area contributed by atoms with Gasteiger partial charge < -0.3 is 15.8 Å². The van der Waals surface area contributed by atoms with E-state index in [1.807, 2.05) is 0 Å². The maximum atomic E-state index is 12.4. The molecule has 1 fully saturated rings. The molecule has 0 unspecified atom stereocenters. The van der Waals surface area contributed by atoms with Gasteiger partial charge in [0.2, 0.25) is 5.91 Å². The first-order valence-electron chi connectivity index (χ1n) is 8.24. The summed E-state index contributed by atoms with van der Waals surface area (Å²) in [5.41, 5.74) is 5.52. The molecule has 1 rings (SSSR count). The van der Waals surface area contributed by atoms with E-state index in [-0.39, 0.29) is 11.3 Å². The Balaban J connectivity index is 2.21. The Morgan fingerprint density at radius 3 is 2.45 bits per heavy atom. The highest BCUT2D eigenvalue weighted by Gasteiger charge is 2.34. The fourth-order valence-corrected chi connectivity index (χ4v) is 2.70. The molecule has 1 amide bonds. The highest BCUT2D eigenvalue weighted by Crippen LogP contribution is 2.29. The first-order valence-corrected chi connectivity index (χ1v) is 8.24. The number of ether oxygens (including phenoxy) is 1. The fourth-order valence-electron chi connectivity index (χ4n) is 2.70. The van der Waals surface area contributed by atoms with Crippen molar-refractivity contribution in [2.45, 2.75) is 58.8 Å². The van der Waals surface area contributed by atoms with Gasteiger partial charge in [-0.2, -0.15) is 0 Å². The Morgan fingerprint density at radius 1 is 1.30 bits per heavy atom. The lowest BCUT2D eigenvalue weighted by atomic mass is 9.78. The highest BCUT2D eigenvalue weighted by molar-refractivity contribution is 5.82. The predicted molar refractivity (Wildman–Crippen MR) is 82.5 cm³/mol. The molecule has 1 saturated carbocycles. The number of rotatable bonds is 12. The molecule has 0 aromatic carbocycles. The minimum Gasteiger partial charge on any atom is -0.381 e. The van der Waals surface area contributed by atoms with Crippen molar-refractivity contribution >= 4 is 5.91 Å². The maximum Gasteiger partial charge on any atom is 0.227 e. The van der Waals surface area contributed by atoms with Crippen molar-refractivity contribution in [3.63, 3.8) is 0 Å². The van der Waals surface area contributed by atoms with Crippen molar-refractivity contribution in [3.05, 3.63) is 0 Å². The van der Waals surface area contributed by atoms with Crippen molar-refractivity contribution < 1.29 is 9.53 Å². The average molecular weight is 284 g/mol. The van der Waals surface area contributed by atoms with Gasteiger partial charge in [0, 0.05) is 26.3 Å². The van der Waals surface area contributed by atoms with Crippen LogP contribution in [0.5, 0.6) is 0 Å². The van der Waals surface area contributed by atoms with Crippen LogP contribution < -0.4 is 11.1 Å². The van der Waals surface area contributed by atoms with E-state index in [1.165, 1.54) is 12.8 Å². The van der Waals surface area contributed by atoms with E-state index in [1.54, 1.807) is 0 Å². The number of carbonyl (C=O) groups is 1. The van der Waals surface area contributed by atoms with Crippen LogP contribution in [0.4, 0.5) is 0 Å². The molecule has 0 heterocycles. The van der Waals surface area contributed by atoms with Crippen LogP contribution in [0.3, 0.4) is 0 Å². The van der Waals surface area contributed by atoms with Gasteiger partial charge in [0.05, 0.1) is 5.41 Å². The number of carbonyl (C=O) groups excluding carboxylic acids is 1. The summed E-state index contributed by atoms with van der Waals surface area (Å²) in [6, 6.07) is 0. The van der Waals surface area contributed by atoms with Gasteiger partial charge in [-0.05, 0) is 38.0 Å². The SMILES string of the molecule is CCCC(CN)(CCC)C(=O)NCCCOCC1CC1. The monoisotopic (exact) mass is 284 g/mol. The summed E-state index contributed by atoms with van der Waals surface area (Å²) in [7, 11) is 0. The normalized spacial score (nSPS) is 15.3. The lowest BCUT2D eigenvalue weighted by molar-refractivity contribution is -0.131. The van der Waals surface area contributed by atoms with Gasteiger partial charge in [-0.15, -0.1) is 0 Å². The molecule has 20 heavy (non-hydrogen) atoms. The molecule has 0 aliphatic heterocycles. The Morgan fingerprint density at radius 2 is 1.95 bits per heavy atom. The zero-order valence-corrected chi connectivity index (χ0v) is 13.2. The second kappa shape index (κ2) is 9.35. The first-order chi connectivity index (χ1) is 9.68. The Labute approximate surface area is 123 Å². The molecule has 3 N–H and O–H groups in total. The third kappa shape index (κ3) is 5.80. The molecule has 0 saturated heterocycles. The summed E-state index contributed by atoms with van der Waals surface area (Å²) >= 11 is 0. The van der Waals surface area contributed by atoms with Crippen LogP contribution in [0.2, 0.25) is 0 Å². The van der Waals surface area contributed by atoms with E-state index in [4.69, 9.17) is 10.5 Å². The van der Waals surface area contributed by atoms with Crippen molar-refractivity contribution in [1.82, 2.24) is 5.32 Å². The molecule has 0 aromatic rings. The van der Waals surface area contributed by atoms with Gasteiger partial charge in [-0.1, -0.05) is 26.7 Å². The average Bonchev–Trinajstić information content (AvgIpc) is 3.26. The largest absolute Gasteiger partial charge is 0.381 e. The van der Waals surface area contributed by atoms with Gasteiger partial charge in [0.1, 0.15) is 0 Å². The summed E-state index contributed by atoms with van der Waals surface area (Å²) in [5.74, 6) is 0.939. The van der Waals surface area contributed by atoms with Crippen LogP contribution >= 0.6 is 0 Å². The molecule has 0 bridgehead atoms. The first kappa shape index (κ1) is 17.4. The summed E-state index contributed by atoms with van der Waals surface area (Å²) in [6.07, 6.45) is 7.28. The minimum atomic E-state index is -0.363. The van der Waals surface area contributed by atoms with Crippen LogP contribution in [0.15, 0.2) is 0 Å². The van der Waals surface area contributed by atoms with Crippen molar-refractivity contribution in [1.29, 1.82) is 0 Å². The zero-order valence-electron chi connectivity index (χ0n) is 13.2. The third-order valence-corrected chi connectivity index (χ3v) is 4.13. The van der Waals surface area contributed by atoms with E-state index in [0.717, 1.165) is 51.2 Å². The van der Waals surface area contributed by atoms with Crippen LogP contribution in [0.1, 0.15) is 58.8 Å². The second-order valence-electron chi connectivity index (χ2n) is 6.11. The lowest BCUT2D eigenvalue weighted by Crippen LogP contribution is -2.46.